The van der Waals surface area contributed by atoms with Gasteiger partial charge in [0.25, 0.3) is 5.91 Å². The Bertz CT molecular complexity index is 473. The maximum atomic E-state index is 11.2. The standard InChI is InChI=1S/C11H17N5O3/c12-10(17)7-2-1-3-16(5-7)6-8-4-9(15-19-8)11(18)14-13/h4,7H,1-3,5-6,13H2,(H2,12,17)(H,14,18). The number of nitrogens with zero attached hydrogens (tertiary/aromatic N) is 2. The van der Waals surface area contributed by atoms with Crippen molar-refractivity contribution in [1.82, 2.24) is 15.5 Å². The first-order valence-electron chi connectivity index (χ1n) is 6.08. The molecule has 1 saturated heterocycles. The number of nitrogen functional groups attached to an aromatic ring is 1. The van der Waals surface area contributed by atoms with Crippen LogP contribution in [-0.2, 0) is 11.3 Å². The molecule has 1 aliphatic rings. The van der Waals surface area contributed by atoms with E-state index in [4.69, 9.17) is 16.1 Å². The summed E-state index contributed by atoms with van der Waals surface area (Å²) >= 11 is 0. The van der Waals surface area contributed by atoms with Crippen LogP contribution in [0, 0.1) is 5.92 Å². The van der Waals surface area contributed by atoms with E-state index in [1.807, 2.05) is 5.43 Å². The third-order valence-corrected chi connectivity index (χ3v) is 3.21. The Balaban J connectivity index is 1.95. The highest BCUT2D eigenvalue weighted by Crippen LogP contribution is 2.18. The molecule has 1 aliphatic heterocycles. The van der Waals surface area contributed by atoms with Gasteiger partial charge in [-0.25, -0.2) is 5.84 Å². The third-order valence-electron chi connectivity index (χ3n) is 3.21. The van der Waals surface area contributed by atoms with Crippen LogP contribution in [-0.4, -0.2) is 35.0 Å². The van der Waals surface area contributed by atoms with Gasteiger partial charge in [-0.2, -0.15) is 0 Å². The summed E-state index contributed by atoms with van der Waals surface area (Å²) < 4.78 is 5.06. The van der Waals surface area contributed by atoms with Crippen molar-refractivity contribution >= 4 is 11.8 Å². The fourth-order valence-electron chi connectivity index (χ4n) is 2.22. The fraction of sp³-hybridized carbons (Fsp3) is 0.545. The summed E-state index contributed by atoms with van der Waals surface area (Å²) in [7, 11) is 0. The molecule has 2 heterocycles. The zero-order valence-corrected chi connectivity index (χ0v) is 10.5. The van der Waals surface area contributed by atoms with Crippen molar-refractivity contribution in [2.24, 2.45) is 17.5 Å². The summed E-state index contributed by atoms with van der Waals surface area (Å²) in [4.78, 5) is 24.5. The molecule has 2 amide bonds. The van der Waals surface area contributed by atoms with Crippen LogP contribution in [0.3, 0.4) is 0 Å². The Labute approximate surface area is 110 Å². The Hall–Kier alpha value is -1.93. The highest BCUT2D eigenvalue weighted by Gasteiger charge is 2.25. The zero-order chi connectivity index (χ0) is 13.8. The van der Waals surface area contributed by atoms with Crippen LogP contribution in [0.4, 0.5) is 0 Å². The highest BCUT2D eigenvalue weighted by molar-refractivity contribution is 5.91. The van der Waals surface area contributed by atoms with Crippen LogP contribution in [0.1, 0.15) is 29.1 Å². The normalized spacial score (nSPS) is 20.2. The summed E-state index contributed by atoms with van der Waals surface area (Å²) in [6, 6.07) is 1.54. The maximum Gasteiger partial charge on any atom is 0.287 e. The van der Waals surface area contributed by atoms with Gasteiger partial charge in [0.15, 0.2) is 11.5 Å². The number of carbonyl (C=O) groups is 2. The smallest absolute Gasteiger partial charge is 0.287 e. The summed E-state index contributed by atoms with van der Waals surface area (Å²) in [5.41, 5.74) is 7.44. The Kier molecular flexibility index (Phi) is 4.13. The van der Waals surface area contributed by atoms with E-state index in [0.717, 1.165) is 19.4 Å². The van der Waals surface area contributed by atoms with Crippen LogP contribution < -0.4 is 17.0 Å². The average molecular weight is 267 g/mol. The SMILES string of the molecule is NNC(=O)c1cc(CN2CCCC(C(N)=O)C2)on1. The second kappa shape index (κ2) is 5.81. The van der Waals surface area contributed by atoms with Crippen molar-refractivity contribution in [3.8, 4) is 0 Å². The van der Waals surface area contributed by atoms with Crippen molar-refractivity contribution < 1.29 is 14.1 Å². The number of hydrazine groups is 1. The molecule has 0 aromatic carbocycles. The number of primary amides is 1. The number of amides is 2. The van der Waals surface area contributed by atoms with Gasteiger partial charge < -0.3 is 10.3 Å². The molecule has 104 valence electrons. The van der Waals surface area contributed by atoms with Gasteiger partial charge in [-0.3, -0.25) is 19.9 Å². The van der Waals surface area contributed by atoms with Crippen LogP contribution in [0.5, 0.6) is 0 Å². The van der Waals surface area contributed by atoms with Crippen molar-refractivity contribution in [3.63, 3.8) is 0 Å². The minimum Gasteiger partial charge on any atom is -0.369 e. The number of aromatic nitrogens is 1. The second-order valence-corrected chi connectivity index (χ2v) is 4.63. The van der Waals surface area contributed by atoms with Gasteiger partial charge in [-0.1, -0.05) is 5.16 Å². The molecule has 0 radical (unpaired) electrons. The quantitative estimate of drug-likeness (QED) is 0.364. The van der Waals surface area contributed by atoms with E-state index in [0.29, 0.717) is 18.8 Å². The van der Waals surface area contributed by atoms with Crippen molar-refractivity contribution in [3.05, 3.63) is 17.5 Å². The van der Waals surface area contributed by atoms with Crippen LogP contribution in [0.15, 0.2) is 10.6 Å². The number of hydrogen-bond donors (Lipinski definition) is 3. The predicted molar refractivity (Wildman–Crippen MR) is 65.4 cm³/mol. The van der Waals surface area contributed by atoms with Crippen molar-refractivity contribution in [2.45, 2.75) is 19.4 Å². The topological polar surface area (TPSA) is 127 Å². The van der Waals surface area contributed by atoms with Gasteiger partial charge in [0.2, 0.25) is 5.91 Å². The van der Waals surface area contributed by atoms with Crippen molar-refractivity contribution in [2.75, 3.05) is 13.1 Å². The van der Waals surface area contributed by atoms with Gasteiger partial charge >= 0.3 is 0 Å². The lowest BCUT2D eigenvalue weighted by atomic mass is 9.97. The minimum absolute atomic E-state index is 0.122. The highest BCUT2D eigenvalue weighted by atomic mass is 16.5. The summed E-state index contributed by atoms with van der Waals surface area (Å²) in [6.45, 7) is 1.96. The summed E-state index contributed by atoms with van der Waals surface area (Å²) in [6.07, 6.45) is 1.74. The molecule has 0 saturated carbocycles. The summed E-state index contributed by atoms with van der Waals surface area (Å²) in [5.74, 6) is 4.67. The zero-order valence-electron chi connectivity index (χ0n) is 10.5. The third kappa shape index (κ3) is 3.30. The van der Waals surface area contributed by atoms with E-state index in [-0.39, 0.29) is 17.5 Å². The number of piperidine rings is 1. The Morgan fingerprint density at radius 3 is 3.05 bits per heavy atom. The summed E-state index contributed by atoms with van der Waals surface area (Å²) in [5, 5.41) is 3.62. The first kappa shape index (κ1) is 13.5. The van der Waals surface area contributed by atoms with Crippen LogP contribution in [0.2, 0.25) is 0 Å². The number of hydrogen-bond acceptors (Lipinski definition) is 6. The minimum atomic E-state index is -0.497. The molecular formula is C11H17N5O3. The molecule has 8 heteroatoms. The second-order valence-electron chi connectivity index (χ2n) is 4.63. The lowest BCUT2D eigenvalue weighted by Crippen LogP contribution is -2.40. The first-order valence-corrected chi connectivity index (χ1v) is 6.08. The van der Waals surface area contributed by atoms with Gasteiger partial charge in [0, 0.05) is 12.6 Å². The van der Waals surface area contributed by atoms with Gasteiger partial charge in [-0.15, -0.1) is 0 Å². The average Bonchev–Trinajstić information content (AvgIpc) is 2.86. The van der Waals surface area contributed by atoms with E-state index >= 15 is 0 Å². The lowest BCUT2D eigenvalue weighted by molar-refractivity contribution is -0.123. The maximum absolute atomic E-state index is 11.2. The number of likely N-dealkylation sites (tertiary alicyclic amines) is 1. The van der Waals surface area contributed by atoms with Gasteiger partial charge in [0.1, 0.15) is 0 Å². The lowest BCUT2D eigenvalue weighted by Gasteiger charge is -2.30. The molecule has 1 aromatic heterocycles. The Morgan fingerprint density at radius 1 is 1.58 bits per heavy atom. The van der Waals surface area contributed by atoms with E-state index < -0.39 is 5.91 Å². The largest absolute Gasteiger partial charge is 0.369 e. The molecule has 0 spiro atoms. The van der Waals surface area contributed by atoms with E-state index in [9.17, 15) is 9.59 Å². The molecule has 5 N–H and O–H groups in total. The predicted octanol–water partition coefficient (Wildman–Crippen LogP) is -1.02. The molecule has 8 nitrogen and oxygen atoms in total. The molecule has 1 atom stereocenters. The number of nitrogens with one attached hydrogen (secondary N) is 1. The van der Waals surface area contributed by atoms with Gasteiger partial charge in [-0.05, 0) is 19.4 Å². The number of rotatable bonds is 4. The Morgan fingerprint density at radius 2 is 2.37 bits per heavy atom. The molecule has 0 aliphatic carbocycles. The molecule has 1 unspecified atom stereocenters. The molecular weight excluding hydrogens is 250 g/mol. The van der Waals surface area contributed by atoms with E-state index in [1.54, 1.807) is 0 Å². The van der Waals surface area contributed by atoms with E-state index in [1.165, 1.54) is 6.07 Å². The van der Waals surface area contributed by atoms with Crippen LogP contribution in [0.25, 0.3) is 0 Å². The molecule has 2 rings (SSSR count). The molecule has 19 heavy (non-hydrogen) atoms. The number of carbonyl (C=O) groups excluding carboxylic acids is 2. The molecule has 0 bridgehead atoms. The van der Waals surface area contributed by atoms with Gasteiger partial charge in [0.05, 0.1) is 12.5 Å². The monoisotopic (exact) mass is 267 g/mol. The molecule has 1 fully saturated rings. The van der Waals surface area contributed by atoms with Crippen LogP contribution >= 0.6 is 0 Å². The molecule has 1 aromatic rings. The van der Waals surface area contributed by atoms with E-state index in [2.05, 4.69) is 10.1 Å². The fourth-order valence-corrected chi connectivity index (χ4v) is 2.22. The van der Waals surface area contributed by atoms with Crippen molar-refractivity contribution in [1.29, 1.82) is 0 Å². The first-order chi connectivity index (χ1) is 9.10. The number of nitrogens with two attached hydrogens (primary N) is 2.